The molecule has 1 unspecified atom stereocenters. The molecule has 1 atom stereocenters. The van der Waals surface area contributed by atoms with Gasteiger partial charge in [0, 0.05) is 36.3 Å². The zero-order valence-electron chi connectivity index (χ0n) is 23.6. The van der Waals surface area contributed by atoms with Crippen LogP contribution in [0.2, 0.25) is 0 Å². The number of anilines is 3. The normalized spacial score (nSPS) is 14.4. The summed E-state index contributed by atoms with van der Waals surface area (Å²) in [5.74, 6) is -0.773. The Morgan fingerprint density at radius 3 is 2.45 bits per heavy atom. The molecule has 0 spiro atoms. The molecule has 4 N–H and O–H groups in total. The van der Waals surface area contributed by atoms with Gasteiger partial charge in [-0.2, -0.15) is 0 Å². The average Bonchev–Trinajstić information content (AvgIpc) is 3.00. The molecule has 1 aliphatic carbocycles. The molecule has 0 bridgehead atoms. The number of carbonyl (C=O) groups is 3. The maximum absolute atomic E-state index is 13.9. The smallest absolute Gasteiger partial charge is 0.248 e. The molecular weight excluding hydrogens is 526 g/mol. The van der Waals surface area contributed by atoms with E-state index in [0.717, 1.165) is 42.1 Å². The number of fused-ring (bicyclic) bond motifs is 1. The number of hydrogen-bond acceptors (Lipinski definition) is 5. The second-order valence-electron chi connectivity index (χ2n) is 10.6. The van der Waals surface area contributed by atoms with Gasteiger partial charge in [0.2, 0.25) is 17.7 Å². The first-order chi connectivity index (χ1) is 20.4. The average molecular weight is 562 g/mol. The van der Waals surface area contributed by atoms with E-state index in [9.17, 15) is 14.4 Å². The summed E-state index contributed by atoms with van der Waals surface area (Å²) in [5, 5.41) is 6.87. The Balaban J connectivity index is 1.42. The van der Waals surface area contributed by atoms with Crippen LogP contribution < -0.4 is 21.3 Å². The highest BCUT2D eigenvalue weighted by Gasteiger charge is 2.32. The van der Waals surface area contributed by atoms with Crippen molar-refractivity contribution in [3.63, 3.8) is 0 Å². The molecule has 1 aromatic heterocycles. The van der Waals surface area contributed by atoms with Crippen molar-refractivity contribution in [2.24, 2.45) is 0 Å². The molecule has 0 radical (unpaired) electrons. The van der Waals surface area contributed by atoms with Gasteiger partial charge in [0.15, 0.2) is 0 Å². The van der Waals surface area contributed by atoms with Crippen molar-refractivity contribution in [1.29, 1.82) is 0 Å². The van der Waals surface area contributed by atoms with E-state index < -0.39 is 6.04 Å². The van der Waals surface area contributed by atoms with Gasteiger partial charge in [-0.1, -0.05) is 61.7 Å². The minimum absolute atomic E-state index is 0.0859. The molecule has 4 aromatic rings. The second kappa shape index (κ2) is 13.1. The number of rotatable bonds is 8. The summed E-state index contributed by atoms with van der Waals surface area (Å²) < 4.78 is 0. The number of nitrogens with one attached hydrogen (secondary N) is 2. The number of pyridine rings is 1. The van der Waals surface area contributed by atoms with Crippen LogP contribution in [-0.4, -0.2) is 28.7 Å². The van der Waals surface area contributed by atoms with Crippen LogP contribution in [0, 0.1) is 0 Å². The number of nitrogens with two attached hydrogens (primary N) is 1. The molecule has 3 aromatic carbocycles. The number of para-hydroxylation sites is 2. The van der Waals surface area contributed by atoms with Crippen LogP contribution in [0.25, 0.3) is 17.0 Å². The lowest BCUT2D eigenvalue weighted by molar-refractivity contribution is -0.126. The van der Waals surface area contributed by atoms with Crippen LogP contribution in [0.1, 0.15) is 56.2 Å². The standard InChI is InChI=1S/C34H35N5O3/c1-23(40)39(28-18-19-30-26(22-28)8-7-21-36-30)33(34(42)37-27-9-3-2-4-10-27)25-16-13-24(14-17-25)15-20-32(41)38-31-12-6-5-11-29(31)35/h5-8,11-22,27,33H,2-4,9-10,35H2,1H3,(H,37,42)(H,38,41)/b20-15+. The highest BCUT2D eigenvalue weighted by molar-refractivity contribution is 6.04. The third-order valence-corrected chi connectivity index (χ3v) is 7.56. The van der Waals surface area contributed by atoms with Crippen LogP contribution in [0.15, 0.2) is 91.1 Å². The molecule has 1 aliphatic rings. The molecule has 8 heteroatoms. The van der Waals surface area contributed by atoms with Gasteiger partial charge in [0.05, 0.1) is 16.9 Å². The molecule has 0 saturated heterocycles. The Morgan fingerprint density at radius 2 is 1.71 bits per heavy atom. The molecule has 8 nitrogen and oxygen atoms in total. The van der Waals surface area contributed by atoms with Gasteiger partial charge in [-0.25, -0.2) is 0 Å². The van der Waals surface area contributed by atoms with E-state index in [-0.39, 0.29) is 23.8 Å². The van der Waals surface area contributed by atoms with E-state index in [2.05, 4.69) is 15.6 Å². The van der Waals surface area contributed by atoms with Crippen molar-refractivity contribution in [3.8, 4) is 0 Å². The zero-order chi connectivity index (χ0) is 29.5. The van der Waals surface area contributed by atoms with Gasteiger partial charge in [-0.05, 0) is 66.4 Å². The predicted octanol–water partition coefficient (Wildman–Crippen LogP) is 6.01. The van der Waals surface area contributed by atoms with E-state index in [4.69, 9.17) is 5.73 Å². The summed E-state index contributed by atoms with van der Waals surface area (Å²) in [5.41, 5.74) is 9.81. The predicted molar refractivity (Wildman–Crippen MR) is 168 cm³/mol. The summed E-state index contributed by atoms with van der Waals surface area (Å²) in [7, 11) is 0. The van der Waals surface area contributed by atoms with Gasteiger partial charge < -0.3 is 16.4 Å². The number of carbonyl (C=O) groups excluding carboxylic acids is 3. The SMILES string of the molecule is CC(=O)N(c1ccc2ncccc2c1)C(C(=O)NC1CCCCC1)c1ccc(/C=C/C(=O)Nc2ccccc2N)cc1. The topological polar surface area (TPSA) is 117 Å². The van der Waals surface area contributed by atoms with Crippen molar-refractivity contribution >= 4 is 51.8 Å². The fraction of sp³-hybridized carbons (Fsp3) is 0.235. The number of benzene rings is 3. The zero-order valence-corrected chi connectivity index (χ0v) is 23.6. The van der Waals surface area contributed by atoms with Crippen LogP contribution in [0.5, 0.6) is 0 Å². The number of nitrogen functional groups attached to an aromatic ring is 1. The second-order valence-corrected chi connectivity index (χ2v) is 10.6. The fourth-order valence-electron chi connectivity index (χ4n) is 5.42. The number of hydrogen-bond donors (Lipinski definition) is 3. The quantitative estimate of drug-likeness (QED) is 0.180. The Hall–Kier alpha value is -4.98. The van der Waals surface area contributed by atoms with Crippen molar-refractivity contribution in [2.75, 3.05) is 16.0 Å². The number of aromatic nitrogens is 1. The monoisotopic (exact) mass is 561 g/mol. The van der Waals surface area contributed by atoms with Crippen LogP contribution >= 0.6 is 0 Å². The van der Waals surface area contributed by atoms with Gasteiger partial charge >= 0.3 is 0 Å². The van der Waals surface area contributed by atoms with Crippen molar-refractivity contribution in [2.45, 2.75) is 51.1 Å². The first-order valence-electron chi connectivity index (χ1n) is 14.3. The minimum Gasteiger partial charge on any atom is -0.397 e. The molecule has 1 heterocycles. The summed E-state index contributed by atoms with van der Waals surface area (Å²) in [6, 6.07) is 23.0. The Morgan fingerprint density at radius 1 is 0.952 bits per heavy atom. The first kappa shape index (κ1) is 28.5. The van der Waals surface area contributed by atoms with Crippen molar-refractivity contribution in [3.05, 3.63) is 102 Å². The van der Waals surface area contributed by atoms with Crippen LogP contribution in [-0.2, 0) is 14.4 Å². The third-order valence-electron chi connectivity index (χ3n) is 7.56. The van der Waals surface area contributed by atoms with E-state index >= 15 is 0 Å². The summed E-state index contributed by atoms with van der Waals surface area (Å²) >= 11 is 0. The van der Waals surface area contributed by atoms with Crippen LogP contribution in [0.4, 0.5) is 17.1 Å². The molecule has 1 fully saturated rings. The molecule has 42 heavy (non-hydrogen) atoms. The lowest BCUT2D eigenvalue weighted by Gasteiger charge is -2.33. The summed E-state index contributed by atoms with van der Waals surface area (Å²) in [6.07, 6.45) is 10.0. The van der Waals surface area contributed by atoms with Gasteiger partial charge in [-0.15, -0.1) is 0 Å². The maximum Gasteiger partial charge on any atom is 0.248 e. The molecule has 3 amide bonds. The van der Waals surface area contributed by atoms with Gasteiger partial charge in [0.1, 0.15) is 6.04 Å². The van der Waals surface area contributed by atoms with Gasteiger partial charge in [0.25, 0.3) is 0 Å². The lowest BCUT2D eigenvalue weighted by atomic mass is 9.94. The largest absolute Gasteiger partial charge is 0.397 e. The van der Waals surface area contributed by atoms with Crippen LogP contribution in [0.3, 0.4) is 0 Å². The van der Waals surface area contributed by atoms with E-state index in [1.807, 2.05) is 54.6 Å². The highest BCUT2D eigenvalue weighted by Crippen LogP contribution is 2.31. The Labute approximate surface area is 245 Å². The summed E-state index contributed by atoms with van der Waals surface area (Å²) in [6.45, 7) is 1.48. The maximum atomic E-state index is 13.9. The molecule has 5 rings (SSSR count). The third kappa shape index (κ3) is 6.83. The van der Waals surface area contributed by atoms with E-state index in [0.29, 0.717) is 22.6 Å². The minimum atomic E-state index is -0.874. The Bertz CT molecular complexity index is 1610. The van der Waals surface area contributed by atoms with Crippen molar-refractivity contribution in [1.82, 2.24) is 10.3 Å². The number of amides is 3. The van der Waals surface area contributed by atoms with Gasteiger partial charge in [-0.3, -0.25) is 24.3 Å². The van der Waals surface area contributed by atoms with Crippen molar-refractivity contribution < 1.29 is 14.4 Å². The molecule has 214 valence electrons. The summed E-state index contributed by atoms with van der Waals surface area (Å²) in [4.78, 5) is 45.5. The molecule has 0 aliphatic heterocycles. The molecule has 1 saturated carbocycles. The Kier molecular flexibility index (Phi) is 8.92. The first-order valence-corrected chi connectivity index (χ1v) is 14.3. The molecular formula is C34H35N5O3. The van der Waals surface area contributed by atoms with E-state index in [1.165, 1.54) is 19.4 Å². The highest BCUT2D eigenvalue weighted by atomic mass is 16.2. The number of nitrogens with zero attached hydrogens (tertiary/aromatic N) is 2. The lowest BCUT2D eigenvalue weighted by Crippen LogP contribution is -2.46. The fourth-order valence-corrected chi connectivity index (χ4v) is 5.42. The van der Waals surface area contributed by atoms with E-state index in [1.54, 1.807) is 41.4 Å².